The van der Waals surface area contributed by atoms with E-state index in [0.717, 1.165) is 23.8 Å². The van der Waals surface area contributed by atoms with Gasteiger partial charge in [-0.15, -0.1) is 0 Å². The summed E-state index contributed by atoms with van der Waals surface area (Å²) in [6.45, 7) is 10.3. The Labute approximate surface area is 196 Å². The van der Waals surface area contributed by atoms with E-state index >= 15 is 0 Å². The molecule has 1 fully saturated rings. The van der Waals surface area contributed by atoms with Crippen LogP contribution in [0.4, 0.5) is 0 Å². The summed E-state index contributed by atoms with van der Waals surface area (Å²) in [4.78, 5) is 6.97. The van der Waals surface area contributed by atoms with Crippen LogP contribution < -0.4 is 5.32 Å². The number of nitrogens with one attached hydrogen (secondary N) is 1. The number of pyridine rings is 1. The molecule has 0 unspecified atom stereocenters. The van der Waals surface area contributed by atoms with Gasteiger partial charge in [0.1, 0.15) is 0 Å². The zero-order chi connectivity index (χ0) is 22.8. The van der Waals surface area contributed by atoms with Crippen molar-refractivity contribution in [2.75, 3.05) is 20.3 Å². The fourth-order valence-electron chi connectivity index (χ4n) is 4.80. The van der Waals surface area contributed by atoms with Crippen molar-refractivity contribution >= 4 is 17.3 Å². The molecule has 1 saturated heterocycles. The molecule has 1 aliphatic rings. The zero-order valence-electron chi connectivity index (χ0n) is 19.6. The average molecular weight is 449 g/mol. The molecular weight excluding hydrogens is 416 g/mol. The van der Waals surface area contributed by atoms with Gasteiger partial charge < -0.3 is 19.5 Å². The summed E-state index contributed by atoms with van der Waals surface area (Å²) in [5.41, 5.74) is 8.59. The second kappa shape index (κ2) is 9.43. The lowest BCUT2D eigenvalue weighted by atomic mass is 9.96. The summed E-state index contributed by atoms with van der Waals surface area (Å²) in [7, 11) is 1.74. The lowest BCUT2D eigenvalue weighted by Gasteiger charge is -2.28. The van der Waals surface area contributed by atoms with Gasteiger partial charge in [-0.1, -0.05) is 18.2 Å². The lowest BCUT2D eigenvalue weighted by molar-refractivity contribution is 0.180. The number of rotatable bonds is 7. The third kappa shape index (κ3) is 4.05. The molecule has 1 N–H and O–H groups in total. The zero-order valence-corrected chi connectivity index (χ0v) is 20.4. The second-order valence-electron chi connectivity index (χ2n) is 8.55. The van der Waals surface area contributed by atoms with Gasteiger partial charge in [0.2, 0.25) is 0 Å². The molecular formula is C26H32N4OS. The van der Waals surface area contributed by atoms with Gasteiger partial charge in [0.15, 0.2) is 5.11 Å². The van der Waals surface area contributed by atoms with E-state index in [1.807, 2.05) is 18.3 Å². The number of thiocarbonyl (C=S) groups is 1. The van der Waals surface area contributed by atoms with Crippen molar-refractivity contribution in [3.8, 4) is 5.69 Å². The summed E-state index contributed by atoms with van der Waals surface area (Å²) in [6, 6.07) is 15.0. The first-order chi connectivity index (χ1) is 15.4. The number of aryl methyl sites for hydroxylation is 2. The van der Waals surface area contributed by atoms with Crippen LogP contribution in [-0.2, 0) is 4.74 Å². The van der Waals surface area contributed by atoms with Crippen LogP contribution in [0.3, 0.4) is 0 Å². The number of methoxy groups -OCH3 is 1. The van der Waals surface area contributed by atoms with Crippen LogP contribution in [0.15, 0.2) is 48.7 Å². The van der Waals surface area contributed by atoms with E-state index in [1.165, 1.54) is 33.8 Å². The predicted octanol–water partition coefficient (Wildman–Crippen LogP) is 5.11. The fourth-order valence-corrected chi connectivity index (χ4v) is 5.13. The van der Waals surface area contributed by atoms with E-state index in [4.69, 9.17) is 17.0 Å². The average Bonchev–Trinajstić information content (AvgIpc) is 3.26. The van der Waals surface area contributed by atoms with Crippen molar-refractivity contribution in [1.29, 1.82) is 0 Å². The fraction of sp³-hybridized carbons (Fsp3) is 0.385. The molecule has 0 saturated carbocycles. The second-order valence-corrected chi connectivity index (χ2v) is 8.93. The predicted molar refractivity (Wildman–Crippen MR) is 133 cm³/mol. The lowest BCUT2D eigenvalue weighted by Crippen LogP contribution is -2.31. The highest BCUT2D eigenvalue weighted by molar-refractivity contribution is 7.80. The number of nitrogens with zero attached hydrogens (tertiary/aromatic N) is 3. The maximum absolute atomic E-state index is 5.80. The molecule has 3 heterocycles. The molecule has 0 spiro atoms. The van der Waals surface area contributed by atoms with Crippen LogP contribution in [0.5, 0.6) is 0 Å². The smallest absolute Gasteiger partial charge is 0.170 e. The summed E-state index contributed by atoms with van der Waals surface area (Å²) in [5.74, 6) is 0. The number of hydrogen-bond donors (Lipinski definition) is 1. The minimum absolute atomic E-state index is 0.00111. The Morgan fingerprint density at radius 1 is 1.09 bits per heavy atom. The summed E-state index contributed by atoms with van der Waals surface area (Å²) in [5, 5.41) is 4.33. The Hall–Kier alpha value is -2.70. The van der Waals surface area contributed by atoms with E-state index in [0.29, 0.717) is 6.61 Å². The van der Waals surface area contributed by atoms with Gasteiger partial charge in [0.25, 0.3) is 0 Å². The monoisotopic (exact) mass is 448 g/mol. The van der Waals surface area contributed by atoms with Gasteiger partial charge in [-0.05, 0) is 87.3 Å². The molecule has 4 rings (SSSR count). The third-order valence-corrected chi connectivity index (χ3v) is 6.90. The third-order valence-electron chi connectivity index (χ3n) is 6.55. The highest BCUT2D eigenvalue weighted by Gasteiger charge is 2.41. The van der Waals surface area contributed by atoms with Crippen molar-refractivity contribution in [2.45, 2.75) is 46.2 Å². The van der Waals surface area contributed by atoms with Crippen molar-refractivity contribution in [1.82, 2.24) is 19.8 Å². The molecule has 0 radical (unpaired) electrons. The minimum atomic E-state index is -0.00111. The molecule has 0 amide bonds. The first kappa shape index (κ1) is 22.5. The normalized spacial score (nSPS) is 18.3. The molecule has 1 aromatic carbocycles. The Balaban J connectivity index is 1.82. The summed E-state index contributed by atoms with van der Waals surface area (Å²) < 4.78 is 7.69. The van der Waals surface area contributed by atoms with Gasteiger partial charge in [0, 0.05) is 43.5 Å². The van der Waals surface area contributed by atoms with Crippen molar-refractivity contribution in [2.24, 2.45) is 0 Å². The summed E-state index contributed by atoms with van der Waals surface area (Å²) in [6.07, 6.45) is 2.77. The SMILES string of the molecule is COCCCN1C(=S)N[C@H](c2ccccn2)[C@H]1c1cc(C)n(-c2cccc(C)c2C)c1C. The number of hydrogen-bond acceptors (Lipinski definition) is 3. The Morgan fingerprint density at radius 2 is 1.91 bits per heavy atom. The van der Waals surface area contributed by atoms with Gasteiger partial charge in [-0.3, -0.25) is 4.98 Å². The highest BCUT2D eigenvalue weighted by Crippen LogP contribution is 2.41. The van der Waals surface area contributed by atoms with Crippen LogP contribution in [0, 0.1) is 27.7 Å². The maximum Gasteiger partial charge on any atom is 0.170 e. The first-order valence-corrected chi connectivity index (χ1v) is 11.6. The van der Waals surface area contributed by atoms with Gasteiger partial charge in [-0.2, -0.15) is 0 Å². The van der Waals surface area contributed by atoms with E-state index in [1.54, 1.807) is 7.11 Å². The number of benzene rings is 1. The van der Waals surface area contributed by atoms with E-state index in [-0.39, 0.29) is 12.1 Å². The Morgan fingerprint density at radius 3 is 2.62 bits per heavy atom. The van der Waals surface area contributed by atoms with Crippen LogP contribution >= 0.6 is 12.2 Å². The molecule has 1 aliphatic heterocycles. The quantitative estimate of drug-likeness (QED) is 0.402. The largest absolute Gasteiger partial charge is 0.385 e. The van der Waals surface area contributed by atoms with Crippen molar-refractivity contribution in [3.63, 3.8) is 0 Å². The van der Waals surface area contributed by atoms with Crippen LogP contribution in [0.2, 0.25) is 0 Å². The molecule has 3 aromatic rings. The van der Waals surface area contributed by atoms with Crippen molar-refractivity contribution < 1.29 is 4.74 Å². The van der Waals surface area contributed by atoms with Crippen LogP contribution in [0.1, 0.15) is 52.3 Å². The molecule has 2 atom stereocenters. The maximum atomic E-state index is 5.80. The van der Waals surface area contributed by atoms with Crippen molar-refractivity contribution in [3.05, 3.63) is 82.4 Å². The van der Waals surface area contributed by atoms with E-state index in [9.17, 15) is 0 Å². The Kier molecular flexibility index (Phi) is 6.63. The van der Waals surface area contributed by atoms with E-state index < -0.39 is 0 Å². The molecule has 168 valence electrons. The van der Waals surface area contributed by atoms with E-state index in [2.05, 4.69) is 77.8 Å². The van der Waals surface area contributed by atoms with Crippen LogP contribution in [0.25, 0.3) is 5.69 Å². The van der Waals surface area contributed by atoms with Crippen LogP contribution in [-0.4, -0.2) is 39.8 Å². The first-order valence-electron chi connectivity index (χ1n) is 11.2. The van der Waals surface area contributed by atoms with Gasteiger partial charge >= 0.3 is 0 Å². The molecule has 0 bridgehead atoms. The highest BCUT2D eigenvalue weighted by atomic mass is 32.1. The molecule has 0 aliphatic carbocycles. The molecule has 5 nitrogen and oxygen atoms in total. The molecule has 6 heteroatoms. The number of aromatic nitrogens is 2. The molecule has 32 heavy (non-hydrogen) atoms. The summed E-state index contributed by atoms with van der Waals surface area (Å²) >= 11 is 5.80. The number of ether oxygens (including phenoxy) is 1. The van der Waals surface area contributed by atoms with Gasteiger partial charge in [0.05, 0.1) is 17.8 Å². The standard InChI is InChI=1S/C26H32N4OS/c1-17-10-8-12-23(19(17)3)30-18(2)16-21(20(30)4)25-24(22-11-6-7-13-27-22)28-26(32)29(25)14-9-15-31-5/h6-8,10-13,16,24-25H,9,14-15H2,1-5H3,(H,28,32)/t24-,25-/m1/s1. The minimum Gasteiger partial charge on any atom is -0.385 e. The topological polar surface area (TPSA) is 42.3 Å². The van der Waals surface area contributed by atoms with Gasteiger partial charge in [-0.25, -0.2) is 0 Å². The molecule has 2 aromatic heterocycles. The Bertz CT molecular complexity index is 1110.